The number of fused-ring (bicyclic) bond motifs is 3. The first-order chi connectivity index (χ1) is 13.2. The molecule has 1 aromatic heterocycles. The molecule has 1 unspecified atom stereocenters. The van der Waals surface area contributed by atoms with E-state index in [0.29, 0.717) is 6.61 Å². The molecule has 5 nitrogen and oxygen atoms in total. The molecular formula is C21H25ClN2O3S. The Balaban J connectivity index is 0.00000192. The van der Waals surface area contributed by atoms with E-state index in [2.05, 4.69) is 22.8 Å². The lowest BCUT2D eigenvalue weighted by Crippen LogP contribution is -2.44. The van der Waals surface area contributed by atoms with E-state index in [1.165, 1.54) is 10.4 Å². The number of carbonyl (C=O) groups is 1. The van der Waals surface area contributed by atoms with Gasteiger partial charge in [-0.05, 0) is 55.6 Å². The molecule has 1 amide bonds. The number of nitrogens with one attached hydrogen (secondary N) is 2. The van der Waals surface area contributed by atoms with Crippen molar-refractivity contribution in [3.05, 3.63) is 51.2 Å². The summed E-state index contributed by atoms with van der Waals surface area (Å²) < 4.78 is 12.0. The molecule has 2 aromatic rings. The van der Waals surface area contributed by atoms with Crippen LogP contribution in [0, 0.1) is 0 Å². The molecule has 1 fully saturated rings. The van der Waals surface area contributed by atoms with Crippen molar-refractivity contribution in [1.29, 1.82) is 0 Å². The van der Waals surface area contributed by atoms with Crippen LogP contribution < -0.4 is 15.4 Å². The summed E-state index contributed by atoms with van der Waals surface area (Å²) in [5.74, 6) is 0.936. The summed E-state index contributed by atoms with van der Waals surface area (Å²) in [4.78, 5) is 15.0. The summed E-state index contributed by atoms with van der Waals surface area (Å²) in [7, 11) is 0. The molecule has 1 spiro atoms. The van der Waals surface area contributed by atoms with Gasteiger partial charge in [-0.1, -0.05) is 18.2 Å². The molecule has 150 valence electrons. The minimum Gasteiger partial charge on any atom is -0.491 e. The fraction of sp³-hybridized carbons (Fsp3) is 0.476. The van der Waals surface area contributed by atoms with Crippen LogP contribution in [-0.4, -0.2) is 38.3 Å². The highest BCUT2D eigenvalue weighted by Gasteiger charge is 2.40. The molecule has 0 bridgehead atoms. The SMILES string of the molecule is Cl.O=C(NC1COc2ccccc2C1)c1cc2c(s1)CCOC21CCNCC1. The maximum atomic E-state index is 12.9. The molecule has 0 radical (unpaired) electrons. The number of amides is 1. The molecule has 1 atom stereocenters. The normalized spacial score (nSPS) is 22.4. The number of piperidine rings is 1. The highest BCUT2D eigenvalue weighted by atomic mass is 35.5. The average Bonchev–Trinajstić information content (AvgIpc) is 3.15. The molecule has 0 aliphatic carbocycles. The molecule has 4 heterocycles. The molecule has 28 heavy (non-hydrogen) atoms. The molecule has 7 heteroatoms. The minimum atomic E-state index is -0.194. The molecule has 0 saturated carbocycles. The zero-order chi connectivity index (χ0) is 18.3. The molecular weight excluding hydrogens is 396 g/mol. The van der Waals surface area contributed by atoms with Gasteiger partial charge in [0.25, 0.3) is 5.91 Å². The van der Waals surface area contributed by atoms with Crippen LogP contribution in [0.15, 0.2) is 30.3 Å². The van der Waals surface area contributed by atoms with Crippen LogP contribution in [0.5, 0.6) is 5.75 Å². The summed E-state index contributed by atoms with van der Waals surface area (Å²) in [5.41, 5.74) is 2.21. The van der Waals surface area contributed by atoms with Crippen molar-refractivity contribution in [2.45, 2.75) is 37.3 Å². The van der Waals surface area contributed by atoms with Crippen LogP contribution >= 0.6 is 23.7 Å². The van der Waals surface area contributed by atoms with E-state index in [4.69, 9.17) is 9.47 Å². The maximum absolute atomic E-state index is 12.9. The zero-order valence-corrected chi connectivity index (χ0v) is 17.3. The Morgan fingerprint density at radius 1 is 1.25 bits per heavy atom. The molecule has 1 saturated heterocycles. The van der Waals surface area contributed by atoms with Gasteiger partial charge in [0.15, 0.2) is 0 Å². The Kier molecular flexibility index (Phi) is 5.65. The Labute approximate surface area is 175 Å². The summed E-state index contributed by atoms with van der Waals surface area (Å²) in [6.07, 6.45) is 3.67. The Morgan fingerprint density at radius 2 is 2.07 bits per heavy atom. The van der Waals surface area contributed by atoms with E-state index in [0.717, 1.165) is 61.6 Å². The van der Waals surface area contributed by atoms with Crippen molar-refractivity contribution in [1.82, 2.24) is 10.6 Å². The second kappa shape index (κ2) is 8.03. The summed E-state index contributed by atoms with van der Waals surface area (Å²) >= 11 is 1.63. The van der Waals surface area contributed by atoms with Crippen LogP contribution in [0.2, 0.25) is 0 Å². The lowest BCUT2D eigenvalue weighted by atomic mass is 9.83. The number of carbonyl (C=O) groups excluding carboxylic acids is 1. The lowest BCUT2D eigenvalue weighted by Gasteiger charge is -2.40. The number of hydrogen-bond acceptors (Lipinski definition) is 5. The average molecular weight is 421 g/mol. The molecule has 5 rings (SSSR count). The number of halogens is 1. The van der Waals surface area contributed by atoms with Crippen molar-refractivity contribution >= 4 is 29.7 Å². The predicted molar refractivity (Wildman–Crippen MR) is 112 cm³/mol. The third kappa shape index (κ3) is 3.54. The second-order valence-corrected chi connectivity index (χ2v) is 8.72. The van der Waals surface area contributed by atoms with Crippen molar-refractivity contribution < 1.29 is 14.3 Å². The van der Waals surface area contributed by atoms with Crippen molar-refractivity contribution in [2.75, 3.05) is 26.3 Å². The van der Waals surface area contributed by atoms with Gasteiger partial charge in [-0.3, -0.25) is 4.79 Å². The molecule has 1 aromatic carbocycles. The van der Waals surface area contributed by atoms with Gasteiger partial charge in [0, 0.05) is 11.3 Å². The fourth-order valence-corrected chi connectivity index (χ4v) is 5.58. The van der Waals surface area contributed by atoms with Crippen LogP contribution in [0.3, 0.4) is 0 Å². The number of thiophene rings is 1. The summed E-state index contributed by atoms with van der Waals surface area (Å²) in [6.45, 7) is 3.21. The van der Waals surface area contributed by atoms with Gasteiger partial charge in [-0.15, -0.1) is 23.7 Å². The third-order valence-electron chi connectivity index (χ3n) is 5.86. The summed E-state index contributed by atoms with van der Waals surface area (Å²) in [5, 5.41) is 6.58. The minimum absolute atomic E-state index is 0. The Morgan fingerprint density at radius 3 is 2.93 bits per heavy atom. The lowest BCUT2D eigenvalue weighted by molar-refractivity contribution is -0.0792. The van der Waals surface area contributed by atoms with Crippen LogP contribution in [0.25, 0.3) is 0 Å². The van der Waals surface area contributed by atoms with E-state index in [-0.39, 0.29) is 30.0 Å². The topological polar surface area (TPSA) is 59.6 Å². The van der Waals surface area contributed by atoms with Crippen molar-refractivity contribution in [3.8, 4) is 5.75 Å². The van der Waals surface area contributed by atoms with Gasteiger partial charge in [0.2, 0.25) is 0 Å². The first kappa shape index (κ1) is 19.7. The summed E-state index contributed by atoms with van der Waals surface area (Å²) in [6, 6.07) is 10.1. The van der Waals surface area contributed by atoms with Crippen LogP contribution in [0.1, 0.15) is 38.5 Å². The first-order valence-electron chi connectivity index (χ1n) is 9.73. The van der Waals surface area contributed by atoms with Crippen LogP contribution in [-0.2, 0) is 23.2 Å². The Hall–Kier alpha value is -1.60. The third-order valence-corrected chi connectivity index (χ3v) is 7.05. The predicted octanol–water partition coefficient (Wildman–Crippen LogP) is 3.05. The first-order valence-corrected chi connectivity index (χ1v) is 10.5. The monoisotopic (exact) mass is 420 g/mol. The van der Waals surface area contributed by atoms with E-state index in [1.54, 1.807) is 11.3 Å². The highest BCUT2D eigenvalue weighted by molar-refractivity contribution is 7.14. The highest BCUT2D eigenvalue weighted by Crippen LogP contribution is 2.43. The smallest absolute Gasteiger partial charge is 0.261 e. The van der Waals surface area contributed by atoms with E-state index < -0.39 is 0 Å². The number of hydrogen-bond donors (Lipinski definition) is 2. The molecule has 2 N–H and O–H groups in total. The van der Waals surface area contributed by atoms with Crippen molar-refractivity contribution in [3.63, 3.8) is 0 Å². The maximum Gasteiger partial charge on any atom is 0.261 e. The van der Waals surface area contributed by atoms with Gasteiger partial charge in [-0.2, -0.15) is 0 Å². The quantitative estimate of drug-likeness (QED) is 0.784. The largest absolute Gasteiger partial charge is 0.491 e. The standard InChI is InChI=1S/C21H24N2O3S.ClH/c24-20(23-15-11-14-3-1-2-4-17(14)25-13-15)19-12-16-18(27-19)5-10-26-21(16)6-8-22-9-7-21;/h1-4,12,15,22H,5-11,13H2,(H,23,24);1H. The van der Waals surface area contributed by atoms with E-state index >= 15 is 0 Å². The second-order valence-electron chi connectivity index (χ2n) is 7.58. The van der Waals surface area contributed by atoms with Gasteiger partial charge >= 0.3 is 0 Å². The van der Waals surface area contributed by atoms with Gasteiger partial charge in [0.05, 0.1) is 23.1 Å². The Bertz CT molecular complexity index is 863. The van der Waals surface area contributed by atoms with Crippen LogP contribution in [0.4, 0.5) is 0 Å². The molecule has 3 aliphatic rings. The van der Waals surface area contributed by atoms with E-state index in [9.17, 15) is 4.79 Å². The number of ether oxygens (including phenoxy) is 2. The van der Waals surface area contributed by atoms with E-state index in [1.807, 2.05) is 18.2 Å². The zero-order valence-electron chi connectivity index (χ0n) is 15.7. The molecule has 3 aliphatic heterocycles. The number of benzene rings is 1. The van der Waals surface area contributed by atoms with Gasteiger partial charge in [0.1, 0.15) is 12.4 Å². The van der Waals surface area contributed by atoms with Gasteiger partial charge in [-0.25, -0.2) is 0 Å². The number of para-hydroxylation sites is 1. The van der Waals surface area contributed by atoms with Gasteiger partial charge < -0.3 is 20.1 Å². The fourth-order valence-electron chi connectivity index (χ4n) is 4.45. The van der Waals surface area contributed by atoms with Crippen molar-refractivity contribution in [2.24, 2.45) is 0 Å². The number of rotatable bonds is 2.